The molecule has 5 heteroatoms. The number of nitrogens with two attached hydrogens (primary N) is 1. The van der Waals surface area contributed by atoms with Gasteiger partial charge in [0.1, 0.15) is 5.75 Å². The number of amides is 1. The smallest absolute Gasteiger partial charge is 0.237 e. The number of halogens is 1. The lowest BCUT2D eigenvalue weighted by Gasteiger charge is -2.19. The van der Waals surface area contributed by atoms with Gasteiger partial charge in [0.25, 0.3) is 0 Å². The number of rotatable bonds is 5. The van der Waals surface area contributed by atoms with E-state index in [-0.39, 0.29) is 24.4 Å². The molecular formula is C13H21ClN2O2. The first-order valence-corrected chi connectivity index (χ1v) is 5.79. The topological polar surface area (TPSA) is 64.4 Å². The first kappa shape index (κ1) is 16.7. The summed E-state index contributed by atoms with van der Waals surface area (Å²) < 4.78 is 5.25. The molecule has 1 unspecified atom stereocenters. The molecule has 102 valence electrons. The third-order valence-corrected chi connectivity index (χ3v) is 2.74. The molecule has 0 aliphatic rings. The van der Waals surface area contributed by atoms with Gasteiger partial charge in [-0.05, 0) is 19.4 Å². The molecule has 1 rings (SSSR count). The monoisotopic (exact) mass is 272 g/mol. The highest BCUT2D eigenvalue weighted by atomic mass is 35.5. The molecule has 0 saturated carbocycles. The van der Waals surface area contributed by atoms with Gasteiger partial charge in [0.2, 0.25) is 5.91 Å². The Balaban J connectivity index is 0.00000289. The molecule has 0 aliphatic carbocycles. The van der Waals surface area contributed by atoms with E-state index in [0.29, 0.717) is 6.42 Å². The first-order chi connectivity index (χ1) is 8.10. The van der Waals surface area contributed by atoms with Crippen LogP contribution in [0.5, 0.6) is 5.75 Å². The maximum absolute atomic E-state index is 11.7. The maximum Gasteiger partial charge on any atom is 0.237 e. The van der Waals surface area contributed by atoms with Crippen LogP contribution in [0.15, 0.2) is 24.3 Å². The summed E-state index contributed by atoms with van der Waals surface area (Å²) in [6.07, 6.45) is 0.629. The Kier molecular flexibility index (Phi) is 7.39. The van der Waals surface area contributed by atoms with Gasteiger partial charge < -0.3 is 15.8 Å². The van der Waals surface area contributed by atoms with Crippen LogP contribution in [0.1, 0.15) is 31.9 Å². The molecule has 0 fully saturated rings. The number of para-hydroxylation sites is 1. The molecule has 0 heterocycles. The van der Waals surface area contributed by atoms with Crippen molar-refractivity contribution in [3.8, 4) is 5.75 Å². The summed E-state index contributed by atoms with van der Waals surface area (Å²) in [7, 11) is 1.62. The van der Waals surface area contributed by atoms with Crippen LogP contribution in [-0.4, -0.2) is 19.1 Å². The Hall–Kier alpha value is -1.26. The lowest BCUT2D eigenvalue weighted by atomic mass is 10.1. The minimum absolute atomic E-state index is 0. The van der Waals surface area contributed by atoms with E-state index in [2.05, 4.69) is 5.32 Å². The summed E-state index contributed by atoms with van der Waals surface area (Å²) in [5.74, 6) is 0.635. The van der Waals surface area contributed by atoms with Crippen LogP contribution in [0.2, 0.25) is 0 Å². The molecule has 1 aromatic rings. The van der Waals surface area contributed by atoms with Crippen molar-refractivity contribution >= 4 is 18.3 Å². The standard InChI is InChI=1S/C13H20N2O2.ClH/c1-4-11(14)13(16)15-9(2)10-7-5-6-8-12(10)17-3;/h5-9,11H,4,14H2,1-3H3,(H,15,16);1H/t9?,11-;/m0./s1. The van der Waals surface area contributed by atoms with E-state index >= 15 is 0 Å². The van der Waals surface area contributed by atoms with E-state index in [9.17, 15) is 4.79 Å². The molecular weight excluding hydrogens is 252 g/mol. The quantitative estimate of drug-likeness (QED) is 0.862. The summed E-state index contributed by atoms with van der Waals surface area (Å²) in [5.41, 5.74) is 6.62. The summed E-state index contributed by atoms with van der Waals surface area (Å²) in [4.78, 5) is 11.7. The fourth-order valence-electron chi connectivity index (χ4n) is 1.61. The predicted octanol–water partition coefficient (Wildman–Crippen LogP) is 2.03. The largest absolute Gasteiger partial charge is 0.496 e. The second-order valence-corrected chi connectivity index (χ2v) is 3.99. The summed E-state index contributed by atoms with van der Waals surface area (Å²) in [5, 5.41) is 2.88. The van der Waals surface area contributed by atoms with E-state index in [1.54, 1.807) is 7.11 Å². The number of carbonyl (C=O) groups is 1. The zero-order valence-corrected chi connectivity index (χ0v) is 11.8. The van der Waals surface area contributed by atoms with Crippen molar-refractivity contribution in [1.29, 1.82) is 0 Å². The van der Waals surface area contributed by atoms with Gasteiger partial charge in [-0.1, -0.05) is 25.1 Å². The molecule has 0 radical (unpaired) electrons. The molecule has 2 atom stereocenters. The van der Waals surface area contributed by atoms with Gasteiger partial charge in [0, 0.05) is 5.56 Å². The summed E-state index contributed by atoms with van der Waals surface area (Å²) in [6.45, 7) is 3.80. The molecule has 0 aliphatic heterocycles. The summed E-state index contributed by atoms with van der Waals surface area (Å²) in [6, 6.07) is 7.05. The highest BCUT2D eigenvalue weighted by Gasteiger charge is 2.16. The van der Waals surface area contributed by atoms with Gasteiger partial charge >= 0.3 is 0 Å². The average molecular weight is 273 g/mol. The van der Waals surface area contributed by atoms with E-state index in [4.69, 9.17) is 10.5 Å². The van der Waals surface area contributed by atoms with Gasteiger partial charge in [0.15, 0.2) is 0 Å². The average Bonchev–Trinajstić information content (AvgIpc) is 2.37. The van der Waals surface area contributed by atoms with E-state index < -0.39 is 6.04 Å². The zero-order chi connectivity index (χ0) is 12.8. The Labute approximate surface area is 114 Å². The van der Waals surface area contributed by atoms with Crippen LogP contribution in [0, 0.1) is 0 Å². The van der Waals surface area contributed by atoms with Crippen LogP contribution in [0.3, 0.4) is 0 Å². The van der Waals surface area contributed by atoms with E-state index in [1.165, 1.54) is 0 Å². The van der Waals surface area contributed by atoms with Crippen LogP contribution in [0.4, 0.5) is 0 Å². The third-order valence-electron chi connectivity index (χ3n) is 2.74. The second-order valence-electron chi connectivity index (χ2n) is 3.99. The lowest BCUT2D eigenvalue weighted by Crippen LogP contribution is -2.41. The molecule has 0 saturated heterocycles. The number of hydrogen-bond acceptors (Lipinski definition) is 3. The minimum Gasteiger partial charge on any atom is -0.496 e. The predicted molar refractivity (Wildman–Crippen MR) is 75.1 cm³/mol. The van der Waals surface area contributed by atoms with E-state index in [1.807, 2.05) is 38.1 Å². The van der Waals surface area contributed by atoms with Gasteiger partial charge in [-0.2, -0.15) is 0 Å². The number of nitrogens with one attached hydrogen (secondary N) is 1. The van der Waals surface area contributed by atoms with Gasteiger partial charge in [0.05, 0.1) is 19.2 Å². The van der Waals surface area contributed by atoms with Crippen molar-refractivity contribution in [3.63, 3.8) is 0 Å². The van der Waals surface area contributed by atoms with Gasteiger partial charge in [-0.15, -0.1) is 12.4 Å². The highest BCUT2D eigenvalue weighted by molar-refractivity contribution is 5.85. The number of hydrogen-bond donors (Lipinski definition) is 2. The third kappa shape index (κ3) is 4.20. The number of ether oxygens (including phenoxy) is 1. The number of benzene rings is 1. The minimum atomic E-state index is -0.452. The van der Waals surface area contributed by atoms with Gasteiger partial charge in [-0.3, -0.25) is 4.79 Å². The second kappa shape index (κ2) is 7.95. The van der Waals surface area contributed by atoms with Crippen LogP contribution < -0.4 is 15.8 Å². The number of carbonyl (C=O) groups excluding carboxylic acids is 1. The molecule has 0 spiro atoms. The molecule has 3 N–H and O–H groups in total. The Morgan fingerprint density at radius 1 is 1.44 bits per heavy atom. The SMILES string of the molecule is CC[C@H](N)C(=O)NC(C)c1ccccc1OC.Cl. The fourth-order valence-corrected chi connectivity index (χ4v) is 1.61. The fraction of sp³-hybridized carbons (Fsp3) is 0.462. The van der Waals surface area contributed by atoms with Crippen molar-refractivity contribution in [1.82, 2.24) is 5.32 Å². The molecule has 0 bridgehead atoms. The van der Waals surface area contributed by atoms with Crippen molar-refractivity contribution in [2.24, 2.45) is 5.73 Å². The summed E-state index contributed by atoms with van der Waals surface area (Å²) >= 11 is 0. The lowest BCUT2D eigenvalue weighted by molar-refractivity contribution is -0.123. The molecule has 0 aromatic heterocycles. The molecule has 1 aromatic carbocycles. The van der Waals surface area contributed by atoms with Crippen LogP contribution in [0.25, 0.3) is 0 Å². The van der Waals surface area contributed by atoms with E-state index in [0.717, 1.165) is 11.3 Å². The Morgan fingerprint density at radius 2 is 2.06 bits per heavy atom. The van der Waals surface area contributed by atoms with Crippen molar-refractivity contribution in [2.45, 2.75) is 32.4 Å². The molecule has 1 amide bonds. The first-order valence-electron chi connectivity index (χ1n) is 5.79. The highest BCUT2D eigenvalue weighted by Crippen LogP contribution is 2.24. The van der Waals surface area contributed by atoms with Crippen molar-refractivity contribution in [2.75, 3.05) is 7.11 Å². The van der Waals surface area contributed by atoms with Crippen molar-refractivity contribution in [3.05, 3.63) is 29.8 Å². The Bertz CT molecular complexity index is 385. The number of methoxy groups -OCH3 is 1. The zero-order valence-electron chi connectivity index (χ0n) is 11.0. The van der Waals surface area contributed by atoms with Crippen LogP contribution >= 0.6 is 12.4 Å². The molecule has 18 heavy (non-hydrogen) atoms. The van der Waals surface area contributed by atoms with Crippen molar-refractivity contribution < 1.29 is 9.53 Å². The van der Waals surface area contributed by atoms with Crippen LogP contribution in [-0.2, 0) is 4.79 Å². The molecule has 4 nitrogen and oxygen atoms in total. The normalized spacial score (nSPS) is 13.1. The maximum atomic E-state index is 11.7. The van der Waals surface area contributed by atoms with Gasteiger partial charge in [-0.25, -0.2) is 0 Å². The Morgan fingerprint density at radius 3 is 2.61 bits per heavy atom.